The van der Waals surface area contributed by atoms with Gasteiger partial charge >= 0.3 is 0 Å². The molecule has 0 amide bonds. The third-order valence-corrected chi connectivity index (χ3v) is 4.03. The molecule has 1 fully saturated rings. The summed E-state index contributed by atoms with van der Waals surface area (Å²) >= 11 is 12.2. The van der Waals surface area contributed by atoms with Crippen molar-refractivity contribution in [3.63, 3.8) is 0 Å². The number of hydrogen-bond acceptors (Lipinski definition) is 4. The first-order chi connectivity index (χ1) is 9.75. The second kappa shape index (κ2) is 7.27. The number of nitrogens with zero attached hydrogens (tertiary/aromatic N) is 3. The van der Waals surface area contributed by atoms with E-state index in [9.17, 15) is 0 Å². The molecular formula is C14H14Cl3N3O. The van der Waals surface area contributed by atoms with Crippen LogP contribution in [0.25, 0.3) is 11.3 Å². The van der Waals surface area contributed by atoms with Gasteiger partial charge in [-0.15, -0.1) is 22.6 Å². The summed E-state index contributed by atoms with van der Waals surface area (Å²) in [6, 6.07) is 9.34. The highest BCUT2D eigenvalue weighted by atomic mass is 35.5. The van der Waals surface area contributed by atoms with Crippen LogP contribution in [0, 0.1) is 0 Å². The lowest BCUT2D eigenvalue weighted by Gasteiger charge is -2.27. The largest absolute Gasteiger partial charge is 0.378 e. The topological polar surface area (TPSA) is 38.2 Å². The quantitative estimate of drug-likeness (QED) is 0.831. The van der Waals surface area contributed by atoms with Gasteiger partial charge in [-0.2, -0.15) is 0 Å². The van der Waals surface area contributed by atoms with Crippen LogP contribution in [0.2, 0.25) is 10.0 Å². The Hall–Kier alpha value is -1.07. The summed E-state index contributed by atoms with van der Waals surface area (Å²) in [5.74, 6) is 0.857. The van der Waals surface area contributed by atoms with E-state index >= 15 is 0 Å². The Kier molecular flexibility index (Phi) is 5.65. The minimum atomic E-state index is 0. The fourth-order valence-electron chi connectivity index (χ4n) is 2.13. The van der Waals surface area contributed by atoms with Crippen LogP contribution < -0.4 is 4.90 Å². The first kappa shape index (κ1) is 16.3. The minimum absolute atomic E-state index is 0. The number of aromatic nitrogens is 2. The molecule has 1 aromatic carbocycles. The van der Waals surface area contributed by atoms with Crippen LogP contribution in [0.15, 0.2) is 30.3 Å². The summed E-state index contributed by atoms with van der Waals surface area (Å²) in [6.07, 6.45) is 0. The number of rotatable bonds is 2. The van der Waals surface area contributed by atoms with E-state index in [1.807, 2.05) is 24.3 Å². The van der Waals surface area contributed by atoms with Crippen LogP contribution >= 0.6 is 35.6 Å². The number of ether oxygens (including phenoxy) is 1. The van der Waals surface area contributed by atoms with E-state index in [1.54, 1.807) is 6.07 Å². The van der Waals surface area contributed by atoms with Crippen molar-refractivity contribution in [1.82, 2.24) is 10.2 Å². The average Bonchev–Trinajstić information content (AvgIpc) is 2.51. The predicted molar refractivity (Wildman–Crippen MR) is 87.8 cm³/mol. The Bertz CT molecular complexity index is 601. The van der Waals surface area contributed by atoms with Gasteiger partial charge < -0.3 is 9.64 Å². The predicted octanol–water partition coefficient (Wildman–Crippen LogP) is 3.71. The number of anilines is 1. The molecule has 4 nitrogen and oxygen atoms in total. The molecule has 1 saturated heterocycles. The van der Waals surface area contributed by atoms with Crippen molar-refractivity contribution in [2.75, 3.05) is 31.2 Å². The van der Waals surface area contributed by atoms with Crippen molar-refractivity contribution in [2.45, 2.75) is 0 Å². The van der Waals surface area contributed by atoms with Crippen molar-refractivity contribution in [1.29, 1.82) is 0 Å². The lowest BCUT2D eigenvalue weighted by molar-refractivity contribution is 0.122. The van der Waals surface area contributed by atoms with Crippen molar-refractivity contribution in [3.8, 4) is 11.3 Å². The maximum absolute atomic E-state index is 6.19. The molecule has 112 valence electrons. The minimum Gasteiger partial charge on any atom is -0.378 e. The third kappa shape index (κ3) is 3.58. The van der Waals surface area contributed by atoms with Crippen molar-refractivity contribution >= 4 is 41.4 Å². The van der Waals surface area contributed by atoms with Crippen LogP contribution in [-0.4, -0.2) is 36.5 Å². The molecule has 3 rings (SSSR count). The highest BCUT2D eigenvalue weighted by Gasteiger charge is 2.14. The molecule has 0 N–H and O–H groups in total. The molecule has 0 atom stereocenters. The highest BCUT2D eigenvalue weighted by molar-refractivity contribution is 6.43. The normalized spacial score (nSPS) is 14.7. The Balaban J connectivity index is 0.00000161. The second-order valence-electron chi connectivity index (χ2n) is 4.48. The van der Waals surface area contributed by atoms with Gasteiger partial charge in [0.25, 0.3) is 0 Å². The maximum Gasteiger partial charge on any atom is 0.151 e. The van der Waals surface area contributed by atoms with Gasteiger partial charge in [-0.05, 0) is 18.2 Å². The van der Waals surface area contributed by atoms with Gasteiger partial charge in [0.05, 0.1) is 29.0 Å². The molecule has 0 spiro atoms. The zero-order valence-corrected chi connectivity index (χ0v) is 13.5. The van der Waals surface area contributed by atoms with E-state index in [2.05, 4.69) is 15.1 Å². The summed E-state index contributed by atoms with van der Waals surface area (Å²) in [5, 5.41) is 9.54. The molecule has 0 bridgehead atoms. The number of morpholine rings is 1. The monoisotopic (exact) mass is 345 g/mol. The van der Waals surface area contributed by atoms with Gasteiger partial charge in [-0.25, -0.2) is 0 Å². The third-order valence-electron chi connectivity index (χ3n) is 3.21. The Morgan fingerprint density at radius 3 is 2.43 bits per heavy atom. The Labute approximate surface area is 139 Å². The van der Waals surface area contributed by atoms with Crippen molar-refractivity contribution in [3.05, 3.63) is 40.4 Å². The zero-order valence-electron chi connectivity index (χ0n) is 11.1. The molecule has 0 radical (unpaired) electrons. The van der Waals surface area contributed by atoms with Crippen LogP contribution in [-0.2, 0) is 4.74 Å². The van der Waals surface area contributed by atoms with Gasteiger partial charge in [0, 0.05) is 18.7 Å². The van der Waals surface area contributed by atoms with Gasteiger partial charge in [0.2, 0.25) is 0 Å². The number of halogens is 3. The fourth-order valence-corrected chi connectivity index (χ4v) is 2.53. The van der Waals surface area contributed by atoms with E-state index in [1.165, 1.54) is 0 Å². The molecule has 2 aromatic rings. The standard InChI is InChI=1S/C14H13Cl2N3O.ClH/c15-11-3-1-2-10(14(11)16)12-4-5-13(18-17-12)19-6-8-20-9-7-19;/h1-5H,6-9H2;1H. The maximum atomic E-state index is 6.19. The molecule has 1 aliphatic heterocycles. The molecular weight excluding hydrogens is 333 g/mol. The molecule has 0 aliphatic carbocycles. The SMILES string of the molecule is Cl.Clc1cccc(-c2ccc(N3CCOCC3)nn2)c1Cl. The number of hydrogen-bond donors (Lipinski definition) is 0. The lowest BCUT2D eigenvalue weighted by Crippen LogP contribution is -2.36. The molecule has 0 unspecified atom stereocenters. The number of benzene rings is 1. The first-order valence-electron chi connectivity index (χ1n) is 6.36. The molecule has 1 aromatic heterocycles. The molecule has 0 saturated carbocycles. The van der Waals surface area contributed by atoms with E-state index < -0.39 is 0 Å². The second-order valence-corrected chi connectivity index (χ2v) is 5.26. The van der Waals surface area contributed by atoms with Crippen molar-refractivity contribution in [2.24, 2.45) is 0 Å². The fraction of sp³-hybridized carbons (Fsp3) is 0.286. The Morgan fingerprint density at radius 1 is 1.00 bits per heavy atom. The zero-order chi connectivity index (χ0) is 13.9. The smallest absolute Gasteiger partial charge is 0.151 e. The van der Waals surface area contributed by atoms with E-state index in [4.69, 9.17) is 27.9 Å². The van der Waals surface area contributed by atoms with Crippen LogP contribution in [0.3, 0.4) is 0 Å². The molecule has 7 heteroatoms. The van der Waals surface area contributed by atoms with Crippen LogP contribution in [0.4, 0.5) is 5.82 Å². The summed E-state index contributed by atoms with van der Waals surface area (Å²) in [4.78, 5) is 2.15. The summed E-state index contributed by atoms with van der Waals surface area (Å²) in [6.45, 7) is 3.13. The van der Waals surface area contributed by atoms with Gasteiger partial charge in [0.1, 0.15) is 0 Å². The average molecular weight is 347 g/mol. The summed E-state index contributed by atoms with van der Waals surface area (Å²) in [5.41, 5.74) is 1.51. The summed E-state index contributed by atoms with van der Waals surface area (Å²) < 4.78 is 5.32. The van der Waals surface area contributed by atoms with E-state index in [0.29, 0.717) is 10.0 Å². The lowest BCUT2D eigenvalue weighted by atomic mass is 10.1. The van der Waals surface area contributed by atoms with Gasteiger partial charge in [-0.3, -0.25) is 0 Å². The van der Waals surface area contributed by atoms with E-state index in [-0.39, 0.29) is 12.4 Å². The molecule has 2 heterocycles. The van der Waals surface area contributed by atoms with Crippen molar-refractivity contribution < 1.29 is 4.74 Å². The molecule has 21 heavy (non-hydrogen) atoms. The van der Waals surface area contributed by atoms with Gasteiger partial charge in [0.15, 0.2) is 5.82 Å². The van der Waals surface area contributed by atoms with Gasteiger partial charge in [-0.1, -0.05) is 35.3 Å². The van der Waals surface area contributed by atoms with Crippen LogP contribution in [0.1, 0.15) is 0 Å². The molecule has 1 aliphatic rings. The summed E-state index contributed by atoms with van der Waals surface area (Å²) in [7, 11) is 0. The first-order valence-corrected chi connectivity index (χ1v) is 7.12. The Morgan fingerprint density at radius 2 is 1.76 bits per heavy atom. The van der Waals surface area contributed by atoms with E-state index in [0.717, 1.165) is 43.4 Å². The highest BCUT2D eigenvalue weighted by Crippen LogP contribution is 2.32. The van der Waals surface area contributed by atoms with Crippen LogP contribution in [0.5, 0.6) is 0 Å².